The largest absolute Gasteiger partial charge is 0.365 e. The molecule has 0 atom stereocenters. The first-order chi connectivity index (χ1) is 13.1. The Morgan fingerprint density at radius 1 is 1.04 bits per heavy atom. The van der Waals surface area contributed by atoms with Gasteiger partial charge < -0.3 is 5.32 Å². The third-order valence-corrected chi connectivity index (χ3v) is 4.74. The second kappa shape index (κ2) is 7.15. The number of aryl methyl sites for hydroxylation is 1. The van der Waals surface area contributed by atoms with Crippen molar-refractivity contribution < 1.29 is 4.39 Å². The molecule has 4 aromatic rings. The fourth-order valence-corrected chi connectivity index (χ4v) is 3.24. The lowest BCUT2D eigenvalue weighted by Crippen LogP contribution is -2.06. The Kier molecular flexibility index (Phi) is 4.54. The molecule has 27 heavy (non-hydrogen) atoms. The molecule has 0 aliphatic heterocycles. The summed E-state index contributed by atoms with van der Waals surface area (Å²) in [5.41, 5.74) is 5.12. The molecule has 0 saturated carbocycles. The van der Waals surface area contributed by atoms with Crippen molar-refractivity contribution in [3.8, 4) is 0 Å². The molecule has 6 heteroatoms. The Morgan fingerprint density at radius 3 is 2.67 bits per heavy atom. The molecule has 0 fully saturated rings. The molecule has 2 heterocycles. The first-order valence-corrected chi connectivity index (χ1v) is 8.83. The number of hydrogen-bond acceptors (Lipinski definition) is 4. The van der Waals surface area contributed by atoms with E-state index in [0.29, 0.717) is 23.3 Å². The number of aromatic nitrogens is 4. The fraction of sp³-hybridized carbons (Fsp3) is 0.190. The van der Waals surface area contributed by atoms with Crippen molar-refractivity contribution in [1.29, 1.82) is 0 Å². The van der Waals surface area contributed by atoms with Gasteiger partial charge in [0.25, 0.3) is 0 Å². The molecule has 0 saturated heterocycles. The molecule has 136 valence electrons. The van der Waals surface area contributed by atoms with E-state index < -0.39 is 0 Å². The lowest BCUT2D eigenvalue weighted by molar-refractivity contribution is 0.629. The standard InChI is InChI=1S/C21H20FN5/c1-14-19(15(2)27(26-14)12-16-6-4-3-5-7-16)11-23-21-18-10-17(22)8-9-20(18)24-13-25-21/h3-10,13H,11-12H2,1-2H3,(H,23,24,25). The second-order valence-corrected chi connectivity index (χ2v) is 6.53. The van der Waals surface area contributed by atoms with Crippen LogP contribution in [0.3, 0.4) is 0 Å². The van der Waals surface area contributed by atoms with Crippen molar-refractivity contribution in [2.75, 3.05) is 5.32 Å². The first-order valence-electron chi connectivity index (χ1n) is 8.83. The molecule has 5 nitrogen and oxygen atoms in total. The zero-order valence-corrected chi connectivity index (χ0v) is 15.3. The number of halogens is 1. The summed E-state index contributed by atoms with van der Waals surface area (Å²) in [5, 5.41) is 8.67. The summed E-state index contributed by atoms with van der Waals surface area (Å²) in [7, 11) is 0. The third-order valence-electron chi connectivity index (χ3n) is 4.74. The van der Waals surface area contributed by atoms with Crippen LogP contribution in [0, 0.1) is 19.7 Å². The minimum atomic E-state index is -0.302. The minimum Gasteiger partial charge on any atom is -0.365 e. The Labute approximate surface area is 156 Å². The molecule has 2 aromatic carbocycles. The van der Waals surface area contributed by atoms with Crippen LogP contribution >= 0.6 is 0 Å². The Balaban J connectivity index is 1.58. The van der Waals surface area contributed by atoms with Crippen LogP contribution in [-0.2, 0) is 13.1 Å². The van der Waals surface area contributed by atoms with Crippen molar-refractivity contribution in [2.45, 2.75) is 26.9 Å². The zero-order valence-electron chi connectivity index (χ0n) is 15.3. The number of benzene rings is 2. The molecule has 0 radical (unpaired) electrons. The van der Waals surface area contributed by atoms with Crippen molar-refractivity contribution >= 4 is 16.7 Å². The molecule has 0 aliphatic carbocycles. The van der Waals surface area contributed by atoms with Gasteiger partial charge in [0.15, 0.2) is 0 Å². The summed E-state index contributed by atoms with van der Waals surface area (Å²) in [6.07, 6.45) is 1.49. The van der Waals surface area contributed by atoms with Crippen LogP contribution in [0.2, 0.25) is 0 Å². The van der Waals surface area contributed by atoms with E-state index in [2.05, 4.69) is 39.4 Å². The SMILES string of the molecule is Cc1nn(Cc2ccccc2)c(C)c1CNc1ncnc2ccc(F)cc12. The number of anilines is 1. The Hall–Kier alpha value is -3.28. The number of hydrogen-bond donors (Lipinski definition) is 1. The molecule has 2 aromatic heterocycles. The van der Waals surface area contributed by atoms with Gasteiger partial charge in [-0.2, -0.15) is 5.10 Å². The lowest BCUT2D eigenvalue weighted by Gasteiger charge is -2.09. The smallest absolute Gasteiger partial charge is 0.137 e. The van der Waals surface area contributed by atoms with Gasteiger partial charge in [-0.1, -0.05) is 30.3 Å². The molecule has 0 unspecified atom stereocenters. The summed E-state index contributed by atoms with van der Waals surface area (Å²) < 4.78 is 15.6. The highest BCUT2D eigenvalue weighted by molar-refractivity contribution is 5.88. The Bertz CT molecular complexity index is 1090. The van der Waals surface area contributed by atoms with Crippen molar-refractivity contribution in [3.63, 3.8) is 0 Å². The lowest BCUT2D eigenvalue weighted by atomic mass is 10.1. The Morgan fingerprint density at radius 2 is 1.85 bits per heavy atom. The first kappa shape index (κ1) is 17.1. The zero-order chi connectivity index (χ0) is 18.8. The van der Waals surface area contributed by atoms with Crippen LogP contribution in [-0.4, -0.2) is 19.7 Å². The van der Waals surface area contributed by atoms with Gasteiger partial charge in [-0.3, -0.25) is 4.68 Å². The van der Waals surface area contributed by atoms with E-state index in [1.54, 1.807) is 6.07 Å². The summed E-state index contributed by atoms with van der Waals surface area (Å²) >= 11 is 0. The van der Waals surface area contributed by atoms with Gasteiger partial charge in [-0.15, -0.1) is 0 Å². The van der Waals surface area contributed by atoms with E-state index in [-0.39, 0.29) is 5.82 Å². The van der Waals surface area contributed by atoms with E-state index in [4.69, 9.17) is 0 Å². The van der Waals surface area contributed by atoms with E-state index in [0.717, 1.165) is 23.5 Å². The third kappa shape index (κ3) is 3.51. The van der Waals surface area contributed by atoms with Crippen LogP contribution in [0.1, 0.15) is 22.5 Å². The molecule has 0 bridgehead atoms. The van der Waals surface area contributed by atoms with Crippen molar-refractivity contribution in [3.05, 3.63) is 83.2 Å². The van der Waals surface area contributed by atoms with E-state index >= 15 is 0 Å². The van der Waals surface area contributed by atoms with Crippen LogP contribution in [0.5, 0.6) is 0 Å². The molecule has 0 aliphatic rings. The highest BCUT2D eigenvalue weighted by Gasteiger charge is 2.13. The van der Waals surface area contributed by atoms with Crippen LogP contribution in [0.4, 0.5) is 10.2 Å². The topological polar surface area (TPSA) is 55.6 Å². The maximum Gasteiger partial charge on any atom is 0.137 e. The van der Waals surface area contributed by atoms with Gasteiger partial charge in [0.2, 0.25) is 0 Å². The van der Waals surface area contributed by atoms with Gasteiger partial charge in [-0.25, -0.2) is 14.4 Å². The van der Waals surface area contributed by atoms with Gasteiger partial charge in [0.1, 0.15) is 18.0 Å². The van der Waals surface area contributed by atoms with Gasteiger partial charge >= 0.3 is 0 Å². The monoisotopic (exact) mass is 361 g/mol. The predicted molar refractivity (Wildman–Crippen MR) is 104 cm³/mol. The van der Waals surface area contributed by atoms with Gasteiger partial charge in [-0.05, 0) is 37.6 Å². The maximum atomic E-state index is 13.6. The molecule has 4 rings (SSSR count). The number of nitrogens with one attached hydrogen (secondary N) is 1. The highest BCUT2D eigenvalue weighted by Crippen LogP contribution is 2.22. The van der Waals surface area contributed by atoms with Gasteiger partial charge in [0.05, 0.1) is 17.8 Å². The highest BCUT2D eigenvalue weighted by atomic mass is 19.1. The van der Waals surface area contributed by atoms with Crippen molar-refractivity contribution in [2.24, 2.45) is 0 Å². The molecule has 0 amide bonds. The van der Waals surface area contributed by atoms with E-state index in [9.17, 15) is 4.39 Å². The van der Waals surface area contributed by atoms with Gasteiger partial charge in [0, 0.05) is 23.2 Å². The molecule has 1 N–H and O–H groups in total. The normalized spacial score (nSPS) is 11.1. The van der Waals surface area contributed by atoms with Crippen LogP contribution in [0.25, 0.3) is 10.9 Å². The molecule has 0 spiro atoms. The average Bonchev–Trinajstić information content (AvgIpc) is 2.94. The number of fused-ring (bicyclic) bond motifs is 1. The minimum absolute atomic E-state index is 0.302. The van der Waals surface area contributed by atoms with Crippen LogP contribution < -0.4 is 5.32 Å². The van der Waals surface area contributed by atoms with E-state index in [1.807, 2.05) is 29.8 Å². The quantitative estimate of drug-likeness (QED) is 0.578. The number of rotatable bonds is 5. The molecular weight excluding hydrogens is 341 g/mol. The van der Waals surface area contributed by atoms with Crippen LogP contribution in [0.15, 0.2) is 54.9 Å². The summed E-state index contributed by atoms with van der Waals surface area (Å²) in [4.78, 5) is 8.47. The summed E-state index contributed by atoms with van der Waals surface area (Å²) in [6, 6.07) is 14.8. The second-order valence-electron chi connectivity index (χ2n) is 6.53. The number of nitrogens with zero attached hydrogens (tertiary/aromatic N) is 4. The van der Waals surface area contributed by atoms with Crippen molar-refractivity contribution in [1.82, 2.24) is 19.7 Å². The summed E-state index contributed by atoms with van der Waals surface area (Å²) in [6.45, 7) is 5.37. The predicted octanol–water partition coefficient (Wildman–Crippen LogP) is 4.24. The summed E-state index contributed by atoms with van der Waals surface area (Å²) in [5.74, 6) is 0.317. The van der Waals surface area contributed by atoms with E-state index in [1.165, 1.54) is 24.0 Å². The fourth-order valence-electron chi connectivity index (χ4n) is 3.24. The maximum absolute atomic E-state index is 13.6. The molecular formula is C21H20FN5. The average molecular weight is 361 g/mol.